The predicted octanol–water partition coefficient (Wildman–Crippen LogP) is 7.16. The molecular formula is C24H45NO. The van der Waals surface area contributed by atoms with Crippen molar-refractivity contribution in [3.63, 3.8) is 0 Å². The predicted molar refractivity (Wildman–Crippen MR) is 118 cm³/mol. The number of rotatable bonds is 13. The smallest absolute Gasteiger partial charge is 0.0786 e. The zero-order chi connectivity index (χ0) is 18.8. The highest BCUT2D eigenvalue weighted by Gasteiger charge is 2.24. The largest absolute Gasteiger partial charge is 0.870 e. The third-order valence-electron chi connectivity index (χ3n) is 4.98. The van der Waals surface area contributed by atoms with E-state index < -0.39 is 0 Å². The van der Waals surface area contributed by atoms with Crippen LogP contribution in [0.25, 0.3) is 6.08 Å². The number of nitrogens with zero attached hydrogens (tertiary/aromatic N) is 1. The fourth-order valence-electron chi connectivity index (χ4n) is 3.23. The second-order valence-electron chi connectivity index (χ2n) is 7.27. The van der Waals surface area contributed by atoms with Gasteiger partial charge in [-0.1, -0.05) is 96.4 Å². The van der Waals surface area contributed by atoms with Gasteiger partial charge in [0.2, 0.25) is 0 Å². The topological polar surface area (TPSA) is 30.0 Å². The Hall–Kier alpha value is -1.12. The summed E-state index contributed by atoms with van der Waals surface area (Å²) in [5.41, 5.74) is 1.17. The Morgan fingerprint density at radius 2 is 1.04 bits per heavy atom. The summed E-state index contributed by atoms with van der Waals surface area (Å²) in [6.07, 6.45) is 12.9. The van der Waals surface area contributed by atoms with Crippen LogP contribution in [0.1, 0.15) is 84.6 Å². The van der Waals surface area contributed by atoms with Gasteiger partial charge in [-0.2, -0.15) is 0 Å². The Kier molecular flexibility index (Phi) is 19.5. The molecule has 26 heavy (non-hydrogen) atoms. The first-order chi connectivity index (χ1) is 12.2. The summed E-state index contributed by atoms with van der Waals surface area (Å²) in [6.45, 7) is 18.6. The molecule has 2 heteroatoms. The van der Waals surface area contributed by atoms with E-state index >= 15 is 0 Å². The van der Waals surface area contributed by atoms with Crippen LogP contribution in [0, 0.1) is 0 Å². The first-order valence-electron chi connectivity index (χ1n) is 10.7. The van der Waals surface area contributed by atoms with Crippen LogP contribution in [0.15, 0.2) is 36.9 Å². The monoisotopic (exact) mass is 363 g/mol. The molecule has 0 radical (unpaired) electrons. The Balaban J connectivity index is 0. The first-order valence-corrected chi connectivity index (χ1v) is 10.7. The molecule has 0 unspecified atom stereocenters. The van der Waals surface area contributed by atoms with E-state index in [1.807, 2.05) is 36.4 Å². The van der Waals surface area contributed by atoms with Gasteiger partial charge < -0.3 is 9.96 Å². The van der Waals surface area contributed by atoms with E-state index in [1.165, 1.54) is 87.6 Å². The van der Waals surface area contributed by atoms with Crippen molar-refractivity contribution in [3.8, 4) is 0 Å². The zero-order valence-electron chi connectivity index (χ0n) is 18.1. The van der Waals surface area contributed by atoms with Gasteiger partial charge in [0.05, 0.1) is 26.2 Å². The van der Waals surface area contributed by atoms with Crippen molar-refractivity contribution in [2.45, 2.75) is 79.1 Å². The minimum atomic E-state index is 0. The van der Waals surface area contributed by atoms with Crippen molar-refractivity contribution in [1.82, 2.24) is 0 Å². The molecular weight excluding hydrogens is 318 g/mol. The first kappa shape index (κ1) is 27.1. The molecule has 0 bridgehead atoms. The van der Waals surface area contributed by atoms with E-state index in [1.54, 1.807) is 0 Å². The highest BCUT2D eigenvalue weighted by atomic mass is 16.0. The third-order valence-corrected chi connectivity index (χ3v) is 4.98. The van der Waals surface area contributed by atoms with Gasteiger partial charge in [-0.3, -0.25) is 0 Å². The molecule has 0 saturated heterocycles. The lowest BCUT2D eigenvalue weighted by molar-refractivity contribution is -0.929. The minimum absolute atomic E-state index is 0. The summed E-state index contributed by atoms with van der Waals surface area (Å²) in [5.74, 6) is 0. The lowest BCUT2D eigenvalue weighted by Gasteiger charge is -2.39. The van der Waals surface area contributed by atoms with Crippen LogP contribution in [0.2, 0.25) is 0 Å². The summed E-state index contributed by atoms with van der Waals surface area (Å²) in [5, 5.41) is 0. The molecule has 0 spiro atoms. The number of quaternary nitrogens is 1. The van der Waals surface area contributed by atoms with Crippen LogP contribution in [0.3, 0.4) is 0 Å². The van der Waals surface area contributed by atoms with Crippen LogP contribution in [0.5, 0.6) is 0 Å². The van der Waals surface area contributed by atoms with E-state index in [0.717, 1.165) is 0 Å². The van der Waals surface area contributed by atoms with Crippen molar-refractivity contribution in [1.29, 1.82) is 0 Å². The van der Waals surface area contributed by atoms with Gasteiger partial charge in [0, 0.05) is 0 Å². The number of unbranched alkanes of at least 4 members (excludes halogenated alkanes) is 4. The molecule has 1 aromatic carbocycles. The van der Waals surface area contributed by atoms with Crippen molar-refractivity contribution < 1.29 is 9.96 Å². The van der Waals surface area contributed by atoms with Crippen LogP contribution < -0.4 is 0 Å². The normalized spacial score (nSPS) is 10.5. The molecule has 1 aromatic rings. The van der Waals surface area contributed by atoms with Gasteiger partial charge in [-0.25, -0.2) is 0 Å². The highest BCUT2D eigenvalue weighted by Crippen LogP contribution is 2.16. The average molecular weight is 364 g/mol. The maximum Gasteiger partial charge on any atom is 0.0786 e. The SMILES string of the molecule is C=Cc1ccccc1.CCCC[N+](CCCC)(CCCC)CCCC.[OH-]. The van der Waals surface area contributed by atoms with Crippen molar-refractivity contribution in [2.75, 3.05) is 26.2 Å². The molecule has 0 heterocycles. The van der Waals surface area contributed by atoms with Crippen molar-refractivity contribution in [2.24, 2.45) is 0 Å². The molecule has 1 rings (SSSR count). The summed E-state index contributed by atoms with van der Waals surface area (Å²) >= 11 is 0. The lowest BCUT2D eigenvalue weighted by atomic mass is 10.1. The van der Waals surface area contributed by atoms with E-state index in [9.17, 15) is 0 Å². The molecule has 0 aliphatic heterocycles. The second kappa shape index (κ2) is 18.7. The molecule has 0 aromatic heterocycles. The third kappa shape index (κ3) is 13.1. The Morgan fingerprint density at radius 3 is 1.27 bits per heavy atom. The van der Waals surface area contributed by atoms with Gasteiger partial charge in [0.1, 0.15) is 0 Å². The highest BCUT2D eigenvalue weighted by molar-refractivity contribution is 5.45. The molecule has 2 nitrogen and oxygen atoms in total. The zero-order valence-corrected chi connectivity index (χ0v) is 18.1. The van der Waals surface area contributed by atoms with Crippen LogP contribution >= 0.6 is 0 Å². The van der Waals surface area contributed by atoms with Gasteiger partial charge in [-0.15, -0.1) is 0 Å². The molecule has 1 N–H and O–H groups in total. The molecule has 0 amide bonds. The Labute approximate surface area is 164 Å². The van der Waals surface area contributed by atoms with Gasteiger partial charge in [-0.05, 0) is 31.2 Å². The molecule has 0 atom stereocenters. The summed E-state index contributed by atoms with van der Waals surface area (Å²) < 4.78 is 1.42. The van der Waals surface area contributed by atoms with E-state index in [4.69, 9.17) is 0 Å². The Bertz CT molecular complexity index is 364. The van der Waals surface area contributed by atoms with Crippen molar-refractivity contribution >= 4 is 6.08 Å². The summed E-state index contributed by atoms with van der Waals surface area (Å²) in [4.78, 5) is 0. The van der Waals surface area contributed by atoms with Gasteiger partial charge >= 0.3 is 0 Å². The van der Waals surface area contributed by atoms with E-state index in [2.05, 4.69) is 34.3 Å². The maximum atomic E-state index is 3.63. The summed E-state index contributed by atoms with van der Waals surface area (Å²) in [7, 11) is 0. The average Bonchev–Trinajstić information content (AvgIpc) is 2.68. The van der Waals surface area contributed by atoms with Gasteiger partial charge in [0.25, 0.3) is 0 Å². The van der Waals surface area contributed by atoms with Gasteiger partial charge in [0.15, 0.2) is 0 Å². The quantitative estimate of drug-likeness (QED) is 0.342. The number of hydrogen-bond donors (Lipinski definition) is 0. The van der Waals surface area contributed by atoms with Crippen LogP contribution in [-0.4, -0.2) is 36.1 Å². The minimum Gasteiger partial charge on any atom is -0.870 e. The fourth-order valence-corrected chi connectivity index (χ4v) is 3.23. The standard InChI is InChI=1S/C16H36N.C8H8.H2O/c1-5-9-13-17(14-10-6-2,15-11-7-3)16-12-8-4;1-2-8-6-4-3-5-7-8;/h5-16H2,1-4H3;2-7H,1H2;1H2/q+1;;/p-1. The lowest BCUT2D eigenvalue weighted by Crippen LogP contribution is -2.50. The molecule has 152 valence electrons. The summed E-state index contributed by atoms with van der Waals surface area (Å²) in [6, 6.07) is 10.0. The van der Waals surface area contributed by atoms with Crippen LogP contribution in [0.4, 0.5) is 0 Å². The van der Waals surface area contributed by atoms with E-state index in [0.29, 0.717) is 0 Å². The van der Waals surface area contributed by atoms with Crippen LogP contribution in [-0.2, 0) is 0 Å². The van der Waals surface area contributed by atoms with E-state index in [-0.39, 0.29) is 5.48 Å². The molecule has 0 saturated carbocycles. The maximum absolute atomic E-state index is 3.63. The number of hydrogen-bond acceptors (Lipinski definition) is 1. The molecule has 0 aliphatic carbocycles. The molecule has 0 fully saturated rings. The number of benzene rings is 1. The van der Waals surface area contributed by atoms with Crippen molar-refractivity contribution in [3.05, 3.63) is 42.5 Å². The second-order valence-corrected chi connectivity index (χ2v) is 7.27. The molecule has 0 aliphatic rings. The fraction of sp³-hybridized carbons (Fsp3) is 0.667. The Morgan fingerprint density at radius 1 is 0.692 bits per heavy atom.